The first-order valence-corrected chi connectivity index (χ1v) is 31.1. The Hall–Kier alpha value is -1.17. The van der Waals surface area contributed by atoms with Crippen LogP contribution in [0.2, 0.25) is 0 Å². The molecule has 0 aromatic carbocycles. The lowest BCUT2D eigenvalue weighted by atomic mass is 10.0. The lowest BCUT2D eigenvalue weighted by molar-refractivity contribution is -0.125. The summed E-state index contributed by atoms with van der Waals surface area (Å²) in [6.45, 7) is 4.31. The van der Waals surface area contributed by atoms with Gasteiger partial charge < -0.3 is 20.6 Å². The van der Waals surface area contributed by atoms with E-state index in [9.17, 15) is 20.1 Å². The van der Waals surface area contributed by atoms with E-state index in [0.29, 0.717) is 12.8 Å². The third kappa shape index (κ3) is 54.2. The fourth-order valence-electron chi connectivity index (χ4n) is 10.0. The fourth-order valence-corrected chi connectivity index (χ4v) is 10.0. The minimum Gasteiger partial charge on any atom is -0.394 e. The van der Waals surface area contributed by atoms with Crippen LogP contribution in [0.3, 0.4) is 0 Å². The van der Waals surface area contributed by atoms with Gasteiger partial charge >= 0.3 is 0 Å². The first kappa shape index (κ1) is 66.8. The highest BCUT2D eigenvalue weighted by Crippen LogP contribution is 2.18. The number of carbonyl (C=O) groups excluding carboxylic acids is 1. The van der Waals surface area contributed by atoms with E-state index in [4.69, 9.17) is 0 Å². The van der Waals surface area contributed by atoms with Gasteiger partial charge in [-0.15, -0.1) is 0 Å². The molecule has 3 atom stereocenters. The summed E-state index contributed by atoms with van der Waals surface area (Å²) in [6.07, 6.45) is 75.0. The number of aliphatic hydroxyl groups is 3. The molecule has 0 fully saturated rings. The summed E-state index contributed by atoms with van der Waals surface area (Å²) in [5, 5.41) is 33.7. The van der Waals surface area contributed by atoms with Crippen LogP contribution in [0.4, 0.5) is 0 Å². The molecule has 0 heterocycles. The summed E-state index contributed by atoms with van der Waals surface area (Å²) >= 11 is 0. The molecule has 3 unspecified atom stereocenters. The molecule has 0 saturated heterocycles. The fraction of sp³-hybridized carbons (Fsp3) is 0.921. The normalized spacial score (nSPS) is 13.3. The molecule has 0 aliphatic heterocycles. The van der Waals surface area contributed by atoms with Gasteiger partial charge in [0.2, 0.25) is 5.91 Å². The third-order valence-electron chi connectivity index (χ3n) is 14.8. The zero-order chi connectivity index (χ0) is 49.3. The minimum absolute atomic E-state index is 0.0397. The van der Waals surface area contributed by atoms with Gasteiger partial charge in [-0.1, -0.05) is 321 Å². The summed E-state index contributed by atoms with van der Waals surface area (Å²) < 4.78 is 0. The van der Waals surface area contributed by atoms with Crippen molar-refractivity contribution in [2.45, 2.75) is 366 Å². The van der Waals surface area contributed by atoms with Crippen molar-refractivity contribution in [3.05, 3.63) is 24.3 Å². The molecule has 0 aliphatic rings. The van der Waals surface area contributed by atoms with Crippen LogP contribution in [-0.2, 0) is 4.79 Å². The van der Waals surface area contributed by atoms with E-state index in [0.717, 1.165) is 32.1 Å². The quantitative estimate of drug-likeness (QED) is 0.0361. The van der Waals surface area contributed by atoms with E-state index >= 15 is 0 Å². The van der Waals surface area contributed by atoms with Crippen molar-refractivity contribution in [2.75, 3.05) is 6.61 Å². The molecule has 0 rings (SSSR count). The average molecular weight is 959 g/mol. The minimum atomic E-state index is -0.749. The lowest BCUT2D eigenvalue weighted by Crippen LogP contribution is -2.46. The second kappa shape index (κ2) is 58.4. The van der Waals surface area contributed by atoms with E-state index in [1.54, 1.807) is 0 Å². The van der Waals surface area contributed by atoms with Crippen LogP contribution in [0.5, 0.6) is 0 Å². The molecule has 5 heteroatoms. The molecule has 4 N–H and O–H groups in total. The molecule has 0 aromatic heterocycles. The summed E-state index contributed by atoms with van der Waals surface area (Å²) in [5.41, 5.74) is 0. The van der Waals surface area contributed by atoms with Gasteiger partial charge in [-0.3, -0.25) is 4.79 Å². The van der Waals surface area contributed by atoms with Gasteiger partial charge in [0.25, 0.3) is 0 Å². The third-order valence-corrected chi connectivity index (χ3v) is 14.8. The second-order valence-electron chi connectivity index (χ2n) is 21.7. The standard InChI is InChI=1S/C63H123NO4/c1-3-5-7-9-11-13-15-17-19-21-23-25-27-28-29-30-31-32-33-34-35-36-38-40-42-44-46-48-50-52-54-56-60(66)58-63(68)64-61(59-65)62(67)57-55-53-51-49-47-45-43-41-39-37-26-24-22-20-18-16-14-12-10-8-6-4-2/h23,25,28-29,60-62,65-67H,3-22,24,26-27,30-59H2,1-2H3,(H,64,68)/b25-23-,29-28-. The highest BCUT2D eigenvalue weighted by atomic mass is 16.3. The van der Waals surface area contributed by atoms with Gasteiger partial charge in [-0.25, -0.2) is 0 Å². The maximum Gasteiger partial charge on any atom is 0.222 e. The van der Waals surface area contributed by atoms with E-state index in [1.807, 2.05) is 0 Å². The predicted octanol–water partition coefficient (Wildman–Crippen LogP) is 19.6. The molecule has 404 valence electrons. The maximum absolute atomic E-state index is 12.6. The Morgan fingerprint density at radius 3 is 0.926 bits per heavy atom. The lowest BCUT2D eigenvalue weighted by Gasteiger charge is -2.23. The number of aliphatic hydroxyl groups excluding tert-OH is 3. The largest absolute Gasteiger partial charge is 0.394 e. The Bertz CT molecular complexity index is 1010. The van der Waals surface area contributed by atoms with E-state index in [-0.39, 0.29) is 18.9 Å². The first-order valence-electron chi connectivity index (χ1n) is 31.1. The summed E-state index contributed by atoms with van der Waals surface area (Å²) in [6, 6.07) is -0.658. The first-order chi connectivity index (χ1) is 33.5. The molecule has 0 aliphatic carbocycles. The van der Waals surface area contributed by atoms with Crippen molar-refractivity contribution >= 4 is 5.91 Å². The molecule has 5 nitrogen and oxygen atoms in total. The zero-order valence-electron chi connectivity index (χ0n) is 46.3. The Morgan fingerprint density at radius 1 is 0.368 bits per heavy atom. The van der Waals surface area contributed by atoms with Crippen molar-refractivity contribution in [3.63, 3.8) is 0 Å². The Morgan fingerprint density at radius 2 is 0.632 bits per heavy atom. The van der Waals surface area contributed by atoms with Gasteiger partial charge in [0.1, 0.15) is 0 Å². The van der Waals surface area contributed by atoms with E-state index in [2.05, 4.69) is 43.5 Å². The van der Waals surface area contributed by atoms with Gasteiger partial charge in [-0.2, -0.15) is 0 Å². The summed E-state index contributed by atoms with van der Waals surface area (Å²) in [4.78, 5) is 12.6. The Kier molecular flexibility index (Phi) is 57.4. The van der Waals surface area contributed by atoms with Crippen LogP contribution >= 0.6 is 0 Å². The van der Waals surface area contributed by atoms with Gasteiger partial charge in [0, 0.05) is 0 Å². The Labute approximate surface area is 426 Å². The number of amides is 1. The van der Waals surface area contributed by atoms with E-state index < -0.39 is 18.2 Å². The van der Waals surface area contributed by atoms with Crippen molar-refractivity contribution in [1.82, 2.24) is 5.32 Å². The smallest absolute Gasteiger partial charge is 0.222 e. The SMILES string of the molecule is CCCCCCCCCCC/C=C\C/C=C\CCCCCCCCCCCCCCCCCC(O)CC(=O)NC(CO)C(O)CCCCCCCCCCCCCCCCCCCCCCCC. The topological polar surface area (TPSA) is 89.8 Å². The number of nitrogens with one attached hydrogen (secondary N) is 1. The molecule has 0 bridgehead atoms. The second-order valence-corrected chi connectivity index (χ2v) is 21.7. The number of rotatable bonds is 58. The van der Waals surface area contributed by atoms with Crippen molar-refractivity contribution in [3.8, 4) is 0 Å². The molecular formula is C63H123NO4. The average Bonchev–Trinajstić information content (AvgIpc) is 3.33. The zero-order valence-corrected chi connectivity index (χ0v) is 46.3. The number of unbranched alkanes of at least 4 members (excludes halogenated alkanes) is 45. The van der Waals surface area contributed by atoms with Crippen LogP contribution in [0.15, 0.2) is 24.3 Å². The van der Waals surface area contributed by atoms with Gasteiger partial charge in [0.15, 0.2) is 0 Å². The van der Waals surface area contributed by atoms with Crippen molar-refractivity contribution in [2.24, 2.45) is 0 Å². The molecular weight excluding hydrogens is 835 g/mol. The monoisotopic (exact) mass is 958 g/mol. The van der Waals surface area contributed by atoms with E-state index in [1.165, 1.54) is 283 Å². The molecule has 1 amide bonds. The number of carbonyl (C=O) groups is 1. The molecule has 68 heavy (non-hydrogen) atoms. The van der Waals surface area contributed by atoms with Crippen LogP contribution in [0.1, 0.15) is 348 Å². The number of hydrogen-bond donors (Lipinski definition) is 4. The molecule has 0 aromatic rings. The highest BCUT2D eigenvalue weighted by Gasteiger charge is 2.21. The number of allylic oxidation sites excluding steroid dienone is 4. The number of hydrogen-bond acceptors (Lipinski definition) is 4. The summed E-state index contributed by atoms with van der Waals surface area (Å²) in [5.74, 6) is -0.277. The predicted molar refractivity (Wildman–Crippen MR) is 301 cm³/mol. The summed E-state index contributed by atoms with van der Waals surface area (Å²) in [7, 11) is 0. The van der Waals surface area contributed by atoms with Crippen LogP contribution in [-0.4, -0.2) is 46.1 Å². The van der Waals surface area contributed by atoms with Crippen LogP contribution in [0, 0.1) is 0 Å². The van der Waals surface area contributed by atoms with Crippen molar-refractivity contribution < 1.29 is 20.1 Å². The van der Waals surface area contributed by atoms with Crippen LogP contribution in [0.25, 0.3) is 0 Å². The Balaban J connectivity index is 3.49. The van der Waals surface area contributed by atoms with Gasteiger partial charge in [0.05, 0.1) is 31.3 Å². The molecule has 0 saturated carbocycles. The highest BCUT2D eigenvalue weighted by molar-refractivity contribution is 5.76. The van der Waals surface area contributed by atoms with Gasteiger partial charge in [-0.05, 0) is 44.9 Å². The van der Waals surface area contributed by atoms with Crippen molar-refractivity contribution in [1.29, 1.82) is 0 Å². The maximum atomic E-state index is 12.6. The van der Waals surface area contributed by atoms with Crippen LogP contribution < -0.4 is 5.32 Å². The molecule has 0 spiro atoms. The molecule has 0 radical (unpaired) electrons.